The van der Waals surface area contributed by atoms with Gasteiger partial charge in [0.2, 0.25) is 0 Å². The van der Waals surface area contributed by atoms with Gasteiger partial charge in [0.05, 0.1) is 5.56 Å². The van der Waals surface area contributed by atoms with Crippen LogP contribution in [0, 0.1) is 0 Å². The molecule has 0 saturated heterocycles. The van der Waals surface area contributed by atoms with Crippen LogP contribution in [0.25, 0.3) is 0 Å². The monoisotopic (exact) mass is 166 g/mol. The molecule has 0 fully saturated rings. The number of rotatable bonds is 2. The van der Waals surface area contributed by atoms with E-state index in [1.54, 1.807) is 13.1 Å². The van der Waals surface area contributed by atoms with Crippen LogP contribution in [0.2, 0.25) is 0 Å². The van der Waals surface area contributed by atoms with Crippen molar-refractivity contribution in [3.63, 3.8) is 0 Å². The van der Waals surface area contributed by atoms with Gasteiger partial charge in [-0.05, 0) is 18.6 Å². The Hall–Kier alpha value is -1.42. The second kappa shape index (κ2) is 3.32. The molecule has 1 rings (SSSR count). The molecule has 4 nitrogen and oxygen atoms in total. The predicted octanol–water partition coefficient (Wildman–Crippen LogP) is 0.800. The van der Waals surface area contributed by atoms with Crippen LogP contribution in [0.15, 0.2) is 18.5 Å². The number of hydrogen-bond donors (Lipinski definition) is 2. The molecule has 0 bridgehead atoms. The molecular weight excluding hydrogens is 156 g/mol. The summed E-state index contributed by atoms with van der Waals surface area (Å²) >= 11 is 0. The minimum absolute atomic E-state index is 0.171. The molecule has 0 saturated carbocycles. The average molecular weight is 166 g/mol. The summed E-state index contributed by atoms with van der Waals surface area (Å²) in [5, 5.41) is 8.61. The first-order chi connectivity index (χ1) is 5.61. The Kier molecular flexibility index (Phi) is 2.40. The van der Waals surface area contributed by atoms with Crippen LogP contribution in [0.4, 0.5) is 0 Å². The summed E-state index contributed by atoms with van der Waals surface area (Å²) in [6.45, 7) is 1.78. The van der Waals surface area contributed by atoms with E-state index in [1.807, 2.05) is 0 Å². The lowest BCUT2D eigenvalue weighted by molar-refractivity contribution is 0.0696. The second-order valence-corrected chi connectivity index (χ2v) is 2.60. The van der Waals surface area contributed by atoms with Gasteiger partial charge in [0.25, 0.3) is 0 Å². The van der Waals surface area contributed by atoms with Crippen molar-refractivity contribution in [2.75, 3.05) is 0 Å². The highest BCUT2D eigenvalue weighted by atomic mass is 16.4. The van der Waals surface area contributed by atoms with E-state index in [-0.39, 0.29) is 11.6 Å². The zero-order valence-corrected chi connectivity index (χ0v) is 6.69. The standard InChI is InChI=1S/C8H10N2O2/c1-5(9)6-2-7(8(11)12)4-10-3-6/h2-5H,9H2,1H3,(H,11,12)/t5-/m0/s1. The number of carbonyl (C=O) groups is 1. The van der Waals surface area contributed by atoms with Crippen LogP contribution in [0.3, 0.4) is 0 Å². The van der Waals surface area contributed by atoms with Gasteiger partial charge >= 0.3 is 5.97 Å². The fraction of sp³-hybridized carbons (Fsp3) is 0.250. The Labute approximate surface area is 70.0 Å². The highest BCUT2D eigenvalue weighted by Crippen LogP contribution is 2.09. The minimum atomic E-state index is -0.981. The third-order valence-electron chi connectivity index (χ3n) is 1.53. The number of carboxylic acids is 1. The molecule has 3 N–H and O–H groups in total. The van der Waals surface area contributed by atoms with Crippen LogP contribution in [-0.2, 0) is 0 Å². The van der Waals surface area contributed by atoms with Crippen LogP contribution >= 0.6 is 0 Å². The maximum Gasteiger partial charge on any atom is 0.337 e. The SMILES string of the molecule is C[C@H](N)c1cncc(C(=O)O)c1. The number of aromatic nitrogens is 1. The number of nitrogens with zero attached hydrogens (tertiary/aromatic N) is 1. The molecule has 0 aliphatic rings. The number of carboxylic acid groups (broad SMARTS) is 1. The number of nitrogens with two attached hydrogens (primary N) is 1. The summed E-state index contributed by atoms with van der Waals surface area (Å²) in [4.78, 5) is 14.3. The van der Waals surface area contributed by atoms with Crippen molar-refractivity contribution in [2.24, 2.45) is 5.73 Å². The molecule has 0 unspecified atom stereocenters. The van der Waals surface area contributed by atoms with Crippen LogP contribution < -0.4 is 5.73 Å². The number of hydrogen-bond acceptors (Lipinski definition) is 3. The first-order valence-corrected chi connectivity index (χ1v) is 3.55. The van der Waals surface area contributed by atoms with E-state index in [1.165, 1.54) is 12.3 Å². The van der Waals surface area contributed by atoms with Crippen molar-refractivity contribution in [3.05, 3.63) is 29.6 Å². The van der Waals surface area contributed by atoms with E-state index >= 15 is 0 Å². The molecular formula is C8H10N2O2. The van der Waals surface area contributed by atoms with E-state index < -0.39 is 5.97 Å². The fourth-order valence-corrected chi connectivity index (χ4v) is 0.824. The summed E-state index contributed by atoms with van der Waals surface area (Å²) < 4.78 is 0. The largest absolute Gasteiger partial charge is 0.478 e. The Morgan fingerprint density at radius 2 is 2.33 bits per heavy atom. The van der Waals surface area contributed by atoms with Crippen molar-refractivity contribution in [2.45, 2.75) is 13.0 Å². The van der Waals surface area contributed by atoms with Gasteiger partial charge in [0, 0.05) is 18.4 Å². The molecule has 0 radical (unpaired) electrons. The van der Waals surface area contributed by atoms with E-state index in [0.29, 0.717) is 0 Å². The van der Waals surface area contributed by atoms with Gasteiger partial charge in [0.1, 0.15) is 0 Å². The first kappa shape index (κ1) is 8.67. The molecule has 1 aromatic heterocycles. The topological polar surface area (TPSA) is 76.2 Å². The highest BCUT2D eigenvalue weighted by molar-refractivity contribution is 5.87. The molecule has 12 heavy (non-hydrogen) atoms. The van der Waals surface area contributed by atoms with Crippen molar-refractivity contribution in [1.82, 2.24) is 4.98 Å². The summed E-state index contributed by atoms with van der Waals surface area (Å²) in [5.74, 6) is -0.981. The summed E-state index contributed by atoms with van der Waals surface area (Å²) in [7, 11) is 0. The smallest absolute Gasteiger partial charge is 0.337 e. The molecule has 4 heteroatoms. The molecule has 0 aliphatic carbocycles. The van der Waals surface area contributed by atoms with Crippen LogP contribution in [0.1, 0.15) is 28.9 Å². The Morgan fingerprint density at radius 3 is 2.83 bits per heavy atom. The summed E-state index contributed by atoms with van der Waals surface area (Å²) in [6, 6.07) is 1.34. The molecule has 0 spiro atoms. The maximum atomic E-state index is 10.5. The van der Waals surface area contributed by atoms with Crippen LogP contribution in [0.5, 0.6) is 0 Å². The van der Waals surface area contributed by atoms with E-state index in [2.05, 4.69) is 4.98 Å². The highest BCUT2D eigenvalue weighted by Gasteiger charge is 2.05. The molecule has 1 atom stereocenters. The number of pyridine rings is 1. The van der Waals surface area contributed by atoms with Gasteiger partial charge in [-0.15, -0.1) is 0 Å². The van der Waals surface area contributed by atoms with Gasteiger partial charge in [-0.2, -0.15) is 0 Å². The predicted molar refractivity (Wildman–Crippen MR) is 43.8 cm³/mol. The van der Waals surface area contributed by atoms with Gasteiger partial charge in [-0.25, -0.2) is 4.79 Å². The summed E-state index contributed by atoms with van der Waals surface area (Å²) in [6.07, 6.45) is 2.87. The quantitative estimate of drug-likeness (QED) is 0.681. The zero-order chi connectivity index (χ0) is 9.14. The lowest BCUT2D eigenvalue weighted by atomic mass is 10.1. The Bertz CT molecular complexity index is 297. The fourth-order valence-electron chi connectivity index (χ4n) is 0.824. The van der Waals surface area contributed by atoms with E-state index in [4.69, 9.17) is 10.8 Å². The van der Waals surface area contributed by atoms with Crippen molar-refractivity contribution < 1.29 is 9.90 Å². The average Bonchev–Trinajstić information content (AvgIpc) is 2.04. The lowest BCUT2D eigenvalue weighted by Gasteiger charge is -2.04. The normalized spacial score (nSPS) is 12.5. The van der Waals surface area contributed by atoms with E-state index in [0.717, 1.165) is 5.56 Å². The Morgan fingerprint density at radius 1 is 1.67 bits per heavy atom. The minimum Gasteiger partial charge on any atom is -0.478 e. The van der Waals surface area contributed by atoms with Crippen LogP contribution in [-0.4, -0.2) is 16.1 Å². The van der Waals surface area contributed by atoms with Gasteiger partial charge < -0.3 is 10.8 Å². The molecule has 0 amide bonds. The third kappa shape index (κ3) is 1.79. The van der Waals surface area contributed by atoms with Gasteiger partial charge in [-0.1, -0.05) is 0 Å². The molecule has 1 aromatic rings. The second-order valence-electron chi connectivity index (χ2n) is 2.60. The van der Waals surface area contributed by atoms with Crippen molar-refractivity contribution in [3.8, 4) is 0 Å². The van der Waals surface area contributed by atoms with E-state index in [9.17, 15) is 4.79 Å². The number of aromatic carboxylic acids is 1. The summed E-state index contributed by atoms with van der Waals surface area (Å²) in [5.41, 5.74) is 6.45. The first-order valence-electron chi connectivity index (χ1n) is 3.55. The molecule has 0 aromatic carbocycles. The van der Waals surface area contributed by atoms with Gasteiger partial charge in [0.15, 0.2) is 0 Å². The van der Waals surface area contributed by atoms with Gasteiger partial charge in [-0.3, -0.25) is 4.98 Å². The molecule has 1 heterocycles. The van der Waals surface area contributed by atoms with Crippen molar-refractivity contribution >= 4 is 5.97 Å². The molecule has 0 aliphatic heterocycles. The molecule has 64 valence electrons. The maximum absolute atomic E-state index is 10.5. The Balaban J connectivity index is 3.04. The zero-order valence-electron chi connectivity index (χ0n) is 6.69. The third-order valence-corrected chi connectivity index (χ3v) is 1.53. The van der Waals surface area contributed by atoms with Crippen molar-refractivity contribution in [1.29, 1.82) is 0 Å². The lowest BCUT2D eigenvalue weighted by Crippen LogP contribution is -2.07.